The van der Waals surface area contributed by atoms with Gasteiger partial charge in [0.25, 0.3) is 0 Å². The molecule has 3 aromatic rings. The van der Waals surface area contributed by atoms with Crippen molar-refractivity contribution in [1.82, 2.24) is 9.88 Å². The summed E-state index contributed by atoms with van der Waals surface area (Å²) in [4.78, 5) is 37.5. The fourth-order valence-corrected chi connectivity index (χ4v) is 5.18. The monoisotopic (exact) mass is 584 g/mol. The zero-order valence-corrected chi connectivity index (χ0v) is 24.1. The Morgan fingerprint density at radius 2 is 1.64 bits per heavy atom. The number of fused-ring (bicyclic) bond motifs is 1. The van der Waals surface area contributed by atoms with Gasteiger partial charge in [0.2, 0.25) is 0 Å². The van der Waals surface area contributed by atoms with Crippen molar-refractivity contribution in [2.45, 2.75) is 64.5 Å². The number of aromatic nitrogens is 1. The van der Waals surface area contributed by atoms with Crippen LogP contribution in [0, 0.1) is 12.3 Å². The summed E-state index contributed by atoms with van der Waals surface area (Å²) in [5.74, 6) is -4.29. The molecule has 42 heavy (non-hydrogen) atoms. The lowest BCUT2D eigenvalue weighted by molar-refractivity contribution is -0.170. The minimum atomic E-state index is -2.74. The predicted molar refractivity (Wildman–Crippen MR) is 154 cm³/mol. The van der Waals surface area contributed by atoms with Gasteiger partial charge in [-0.3, -0.25) is 14.5 Å². The number of oxazole rings is 1. The van der Waals surface area contributed by atoms with Crippen LogP contribution in [-0.4, -0.2) is 80.1 Å². The summed E-state index contributed by atoms with van der Waals surface area (Å²) in [6.07, 6.45) is 2.44. The summed E-state index contributed by atoms with van der Waals surface area (Å²) in [6.45, 7) is 8.89. The van der Waals surface area contributed by atoms with Crippen LogP contribution in [0.4, 0.5) is 0 Å². The maximum atomic E-state index is 10.3. The van der Waals surface area contributed by atoms with Crippen molar-refractivity contribution in [2.75, 3.05) is 26.3 Å². The molecule has 11 nitrogen and oxygen atoms in total. The molecule has 2 heterocycles. The molecular formula is C31H40N2O9. The Labute approximate surface area is 244 Å². The molecule has 0 spiro atoms. The standard InChI is InChI=1S/C25H32N2O2.C6H8O7/c1-3-28-19-25(12-11-21-7-5-4-6-8-21)13-15-27(16-14-25)18-22-9-10-23-24(17-22)29-20(2)26-23;7-3(8)1-6(13,5(11)12)2-4(9)10/h4-10,17H,3,11-16,18-19H2,1-2H3;13H,1-2H2,(H,7,8)(H,9,10)(H,11,12). The zero-order chi connectivity index (χ0) is 30.8. The van der Waals surface area contributed by atoms with Gasteiger partial charge in [-0.15, -0.1) is 0 Å². The van der Waals surface area contributed by atoms with Gasteiger partial charge in [-0.05, 0) is 74.4 Å². The summed E-state index contributed by atoms with van der Waals surface area (Å²) >= 11 is 0. The first-order valence-corrected chi connectivity index (χ1v) is 14.0. The number of carboxylic acid groups (broad SMARTS) is 3. The van der Waals surface area contributed by atoms with Crippen LogP contribution in [0.2, 0.25) is 0 Å². The van der Waals surface area contributed by atoms with Gasteiger partial charge in [0.05, 0.1) is 19.4 Å². The number of hydrogen-bond donors (Lipinski definition) is 4. The molecule has 0 saturated carbocycles. The number of carboxylic acids is 3. The highest BCUT2D eigenvalue weighted by Gasteiger charge is 2.40. The van der Waals surface area contributed by atoms with E-state index >= 15 is 0 Å². The lowest BCUT2D eigenvalue weighted by atomic mass is 9.74. The molecule has 4 rings (SSSR count). The third kappa shape index (κ3) is 9.64. The fourth-order valence-electron chi connectivity index (χ4n) is 5.18. The summed E-state index contributed by atoms with van der Waals surface area (Å²) in [7, 11) is 0. The summed E-state index contributed by atoms with van der Waals surface area (Å²) in [5.41, 5.74) is 2.13. The van der Waals surface area contributed by atoms with Gasteiger partial charge in [0, 0.05) is 20.1 Å². The van der Waals surface area contributed by atoms with Crippen LogP contribution in [0.15, 0.2) is 52.9 Å². The Morgan fingerprint density at radius 3 is 2.21 bits per heavy atom. The second kappa shape index (κ2) is 14.9. The molecule has 0 atom stereocenters. The van der Waals surface area contributed by atoms with Crippen LogP contribution in [0.1, 0.15) is 56.0 Å². The molecule has 2 aromatic carbocycles. The quantitative estimate of drug-likeness (QED) is 0.228. The van der Waals surface area contributed by atoms with E-state index in [1.54, 1.807) is 0 Å². The topological polar surface area (TPSA) is 171 Å². The van der Waals surface area contributed by atoms with Crippen LogP contribution < -0.4 is 0 Å². The second-order valence-electron chi connectivity index (χ2n) is 10.9. The Balaban J connectivity index is 0.000000316. The second-order valence-corrected chi connectivity index (χ2v) is 10.9. The third-order valence-electron chi connectivity index (χ3n) is 7.57. The van der Waals surface area contributed by atoms with Crippen LogP contribution in [0.3, 0.4) is 0 Å². The van der Waals surface area contributed by atoms with Crippen molar-refractivity contribution < 1.29 is 44.0 Å². The highest BCUT2D eigenvalue weighted by Crippen LogP contribution is 2.37. The molecule has 0 aliphatic carbocycles. The van der Waals surface area contributed by atoms with Gasteiger partial charge in [-0.2, -0.15) is 0 Å². The smallest absolute Gasteiger partial charge is 0.336 e. The molecule has 0 unspecified atom stereocenters. The van der Waals surface area contributed by atoms with E-state index in [1.165, 1.54) is 30.4 Å². The Bertz CT molecular complexity index is 1310. The molecule has 4 N–H and O–H groups in total. The van der Waals surface area contributed by atoms with Gasteiger partial charge in [0.1, 0.15) is 5.52 Å². The number of carbonyl (C=O) groups is 3. The van der Waals surface area contributed by atoms with E-state index < -0.39 is 36.4 Å². The Hall–Kier alpha value is -3.80. The SMILES string of the molecule is CCOCC1(CCc2ccccc2)CCN(Cc2ccc3nc(C)oc3c2)CC1.O=C(O)CC(O)(CC(=O)O)C(=O)O. The van der Waals surface area contributed by atoms with Crippen LogP contribution in [0.25, 0.3) is 11.1 Å². The van der Waals surface area contributed by atoms with Crippen LogP contribution in [-0.2, 0) is 32.1 Å². The Morgan fingerprint density at radius 1 is 1.00 bits per heavy atom. The summed E-state index contributed by atoms with van der Waals surface area (Å²) < 4.78 is 11.6. The first-order chi connectivity index (χ1) is 19.9. The minimum Gasteiger partial charge on any atom is -0.481 e. The normalized spacial score (nSPS) is 15.1. The van der Waals surface area contributed by atoms with Crippen molar-refractivity contribution in [3.05, 3.63) is 65.5 Å². The van der Waals surface area contributed by atoms with Crippen molar-refractivity contribution in [3.63, 3.8) is 0 Å². The minimum absolute atomic E-state index is 0.300. The van der Waals surface area contributed by atoms with E-state index in [0.29, 0.717) is 5.41 Å². The summed E-state index contributed by atoms with van der Waals surface area (Å²) in [5, 5.41) is 33.8. The van der Waals surface area contributed by atoms with E-state index in [0.717, 1.165) is 56.3 Å². The molecule has 1 fully saturated rings. The average molecular weight is 585 g/mol. The largest absolute Gasteiger partial charge is 0.481 e. The van der Waals surface area contributed by atoms with E-state index in [1.807, 2.05) is 6.92 Å². The predicted octanol–water partition coefficient (Wildman–Crippen LogP) is 4.14. The Kier molecular flexibility index (Phi) is 11.6. The van der Waals surface area contributed by atoms with Crippen molar-refractivity contribution in [1.29, 1.82) is 0 Å². The van der Waals surface area contributed by atoms with Crippen molar-refractivity contribution in [3.8, 4) is 0 Å². The molecule has 0 radical (unpaired) electrons. The lowest BCUT2D eigenvalue weighted by Crippen LogP contribution is -2.42. The van der Waals surface area contributed by atoms with Crippen molar-refractivity contribution in [2.24, 2.45) is 5.41 Å². The number of nitrogens with zero attached hydrogens (tertiary/aromatic N) is 2. The molecule has 1 aliphatic heterocycles. The molecule has 1 saturated heterocycles. The number of ether oxygens (including phenoxy) is 1. The molecule has 1 aromatic heterocycles. The number of aliphatic hydroxyl groups is 1. The van der Waals surface area contributed by atoms with Crippen LogP contribution in [0.5, 0.6) is 0 Å². The van der Waals surface area contributed by atoms with E-state index in [2.05, 4.69) is 65.3 Å². The average Bonchev–Trinajstić information content (AvgIpc) is 3.31. The molecule has 228 valence electrons. The maximum Gasteiger partial charge on any atom is 0.336 e. The number of rotatable bonds is 13. The number of piperidine rings is 1. The van der Waals surface area contributed by atoms with Gasteiger partial charge in [-0.25, -0.2) is 9.78 Å². The van der Waals surface area contributed by atoms with Crippen LogP contribution >= 0.6 is 0 Å². The number of likely N-dealkylation sites (tertiary alicyclic amines) is 1. The number of hydrogen-bond acceptors (Lipinski definition) is 8. The van der Waals surface area contributed by atoms with Gasteiger partial charge in [0.15, 0.2) is 17.1 Å². The van der Waals surface area contributed by atoms with Gasteiger partial charge >= 0.3 is 17.9 Å². The molecule has 1 aliphatic rings. The highest BCUT2D eigenvalue weighted by atomic mass is 16.5. The maximum absolute atomic E-state index is 10.3. The molecule has 0 bridgehead atoms. The number of aryl methyl sites for hydroxylation is 2. The highest BCUT2D eigenvalue weighted by molar-refractivity contribution is 5.88. The van der Waals surface area contributed by atoms with E-state index in [9.17, 15) is 14.4 Å². The van der Waals surface area contributed by atoms with Gasteiger partial charge < -0.3 is 29.6 Å². The lowest BCUT2D eigenvalue weighted by Gasteiger charge is -2.42. The van der Waals surface area contributed by atoms with Crippen molar-refractivity contribution >= 4 is 29.0 Å². The fraction of sp³-hybridized carbons (Fsp3) is 0.484. The van der Waals surface area contributed by atoms with Gasteiger partial charge in [-0.1, -0.05) is 36.4 Å². The molecule has 11 heteroatoms. The zero-order valence-electron chi connectivity index (χ0n) is 24.1. The summed E-state index contributed by atoms with van der Waals surface area (Å²) in [6, 6.07) is 17.3. The van der Waals surface area contributed by atoms with E-state index in [4.69, 9.17) is 29.6 Å². The number of aliphatic carboxylic acids is 3. The third-order valence-corrected chi connectivity index (χ3v) is 7.57. The first-order valence-electron chi connectivity index (χ1n) is 14.0. The van der Waals surface area contributed by atoms with E-state index in [-0.39, 0.29) is 0 Å². The number of benzene rings is 2. The first kappa shape index (κ1) is 32.7. The molecule has 0 amide bonds. The molecular weight excluding hydrogens is 544 g/mol.